The Kier molecular flexibility index (Phi) is 12.0. The maximum atomic E-state index is 13.7. The molecule has 5 heterocycles. The average Bonchev–Trinajstić information content (AvgIpc) is 3.49. The Morgan fingerprint density at radius 3 is 2.58 bits per heavy atom. The number of likely N-dealkylation sites (tertiary alicyclic amines) is 1. The molecular formula is C43H45ClFN9O6. The second-order valence-electron chi connectivity index (χ2n) is 15.6. The van der Waals surface area contributed by atoms with E-state index in [2.05, 4.69) is 41.0 Å². The van der Waals surface area contributed by atoms with Gasteiger partial charge in [0.2, 0.25) is 17.7 Å². The molecule has 312 valence electrons. The first-order valence-electron chi connectivity index (χ1n) is 20.1. The van der Waals surface area contributed by atoms with Gasteiger partial charge in [0.25, 0.3) is 11.8 Å². The number of ether oxygens (including phenoxy) is 1. The van der Waals surface area contributed by atoms with Crippen LogP contribution in [0, 0.1) is 11.7 Å². The standard InChI is InChI=1S/C43H45ClFN9O6/c1-60-37-21-34-31(40(48-24-47-34)49-26-6-9-33(45)32(44)18-26)20-35(37)50-38(55)5-3-14-52-16-12-25(13-17-52)22-46-27-4-2-15-53(23-27)28-7-8-29-30(19-28)43(59)54(42(29)58)36-10-11-39(56)51-41(36)57/h3,5-9,18-21,24-25,27,36,46H,2,4,10-17,22-23H2,1H3,(H,50,55)(H,47,48,49)(H,51,56,57)/b5-3+/t27-,36?/m1/s1. The number of carbonyl (C=O) groups excluding carboxylic acids is 5. The van der Waals surface area contributed by atoms with E-state index in [1.165, 1.54) is 31.6 Å². The van der Waals surface area contributed by atoms with Crippen LogP contribution in [0.15, 0.2) is 67.0 Å². The van der Waals surface area contributed by atoms with Crippen molar-refractivity contribution in [1.82, 2.24) is 30.4 Å². The van der Waals surface area contributed by atoms with Crippen LogP contribution in [-0.4, -0.2) is 108 Å². The third-order valence-electron chi connectivity index (χ3n) is 11.6. The molecule has 5 amide bonds. The minimum Gasteiger partial charge on any atom is -0.494 e. The molecule has 1 unspecified atom stereocenters. The molecule has 17 heteroatoms. The number of carbonyl (C=O) groups is 5. The molecule has 0 radical (unpaired) electrons. The van der Waals surface area contributed by atoms with E-state index in [1.54, 1.807) is 30.3 Å². The van der Waals surface area contributed by atoms with Gasteiger partial charge in [-0.2, -0.15) is 0 Å². The summed E-state index contributed by atoms with van der Waals surface area (Å²) in [5.41, 5.74) is 3.01. The highest BCUT2D eigenvalue weighted by atomic mass is 35.5. The molecule has 3 aromatic carbocycles. The summed E-state index contributed by atoms with van der Waals surface area (Å²) in [6.45, 7) is 4.98. The van der Waals surface area contributed by atoms with E-state index >= 15 is 0 Å². The van der Waals surface area contributed by atoms with Crippen molar-refractivity contribution in [3.05, 3.63) is 89.0 Å². The van der Waals surface area contributed by atoms with E-state index in [4.69, 9.17) is 16.3 Å². The SMILES string of the molecule is COc1cc2ncnc(Nc3ccc(F)c(Cl)c3)c2cc1NC(=O)/C=C/CN1CCC(CN[C@@H]2CCCN(c3ccc4c(c3)C(=O)N(C3CCC(=O)NC3=O)C4=O)C2)CC1. The van der Waals surface area contributed by atoms with Crippen LogP contribution in [0.2, 0.25) is 5.02 Å². The predicted octanol–water partition coefficient (Wildman–Crippen LogP) is 5.04. The van der Waals surface area contributed by atoms with E-state index in [9.17, 15) is 28.4 Å². The first-order valence-corrected chi connectivity index (χ1v) is 20.5. The van der Waals surface area contributed by atoms with Gasteiger partial charge in [-0.05, 0) is 100 Å². The Morgan fingerprint density at radius 2 is 1.80 bits per heavy atom. The van der Waals surface area contributed by atoms with Crippen molar-refractivity contribution in [1.29, 1.82) is 0 Å². The highest BCUT2D eigenvalue weighted by Crippen LogP contribution is 2.35. The van der Waals surface area contributed by atoms with Crippen molar-refractivity contribution in [2.24, 2.45) is 5.92 Å². The van der Waals surface area contributed by atoms with Gasteiger partial charge >= 0.3 is 0 Å². The van der Waals surface area contributed by atoms with Crippen LogP contribution >= 0.6 is 11.6 Å². The number of nitrogens with zero attached hydrogens (tertiary/aromatic N) is 5. The third kappa shape index (κ3) is 8.81. The van der Waals surface area contributed by atoms with Gasteiger partial charge in [0, 0.05) is 61.0 Å². The molecule has 4 N–H and O–H groups in total. The number of piperidine rings is 3. The molecule has 8 rings (SSSR count). The number of hydrogen-bond donors (Lipinski definition) is 4. The zero-order valence-corrected chi connectivity index (χ0v) is 33.8. The normalized spacial score (nSPS) is 20.2. The number of fused-ring (bicyclic) bond motifs is 2. The van der Waals surface area contributed by atoms with Crippen LogP contribution in [-0.2, 0) is 14.4 Å². The number of hydrogen-bond acceptors (Lipinski definition) is 12. The van der Waals surface area contributed by atoms with Crippen molar-refractivity contribution in [3.63, 3.8) is 0 Å². The van der Waals surface area contributed by atoms with Crippen molar-refractivity contribution >= 4 is 74.9 Å². The lowest BCUT2D eigenvalue weighted by atomic mass is 9.95. The van der Waals surface area contributed by atoms with Crippen molar-refractivity contribution in [2.45, 2.75) is 50.6 Å². The summed E-state index contributed by atoms with van der Waals surface area (Å²) in [4.78, 5) is 77.9. The first-order chi connectivity index (χ1) is 29.0. The van der Waals surface area contributed by atoms with Gasteiger partial charge in [-0.15, -0.1) is 0 Å². The Morgan fingerprint density at radius 1 is 0.983 bits per heavy atom. The fourth-order valence-electron chi connectivity index (χ4n) is 8.38. The summed E-state index contributed by atoms with van der Waals surface area (Å²) in [5.74, 6) is -1.44. The number of benzene rings is 3. The molecule has 4 aliphatic heterocycles. The van der Waals surface area contributed by atoms with Crippen LogP contribution in [0.4, 0.5) is 27.3 Å². The van der Waals surface area contributed by atoms with Crippen LogP contribution < -0.4 is 30.9 Å². The van der Waals surface area contributed by atoms with Crippen LogP contribution in [0.5, 0.6) is 5.75 Å². The zero-order valence-electron chi connectivity index (χ0n) is 33.0. The molecule has 4 aromatic rings. The van der Waals surface area contributed by atoms with Gasteiger partial charge < -0.3 is 25.6 Å². The highest BCUT2D eigenvalue weighted by Gasteiger charge is 2.45. The third-order valence-corrected chi connectivity index (χ3v) is 11.9. The van der Waals surface area contributed by atoms with E-state index in [0.29, 0.717) is 51.9 Å². The first kappa shape index (κ1) is 40.8. The molecule has 4 aliphatic rings. The number of nitrogens with one attached hydrogen (secondary N) is 4. The lowest BCUT2D eigenvalue weighted by molar-refractivity contribution is -0.136. The topological polar surface area (TPSA) is 178 Å². The minimum absolute atomic E-state index is 0.0232. The molecule has 1 aromatic heterocycles. The summed E-state index contributed by atoms with van der Waals surface area (Å²) in [7, 11) is 1.52. The molecule has 0 spiro atoms. The van der Waals surface area contributed by atoms with E-state index in [1.807, 2.05) is 12.1 Å². The Bertz CT molecular complexity index is 2390. The maximum Gasteiger partial charge on any atom is 0.262 e. The van der Waals surface area contributed by atoms with Crippen molar-refractivity contribution in [2.75, 3.05) is 61.9 Å². The fourth-order valence-corrected chi connectivity index (χ4v) is 8.56. The van der Waals surface area contributed by atoms with Gasteiger partial charge in [0.1, 0.15) is 29.8 Å². The number of rotatable bonds is 12. The number of imide groups is 2. The lowest BCUT2D eigenvalue weighted by Crippen LogP contribution is -2.54. The largest absolute Gasteiger partial charge is 0.494 e. The second-order valence-corrected chi connectivity index (χ2v) is 16.0. The number of anilines is 4. The Labute approximate surface area is 350 Å². The van der Waals surface area contributed by atoms with Gasteiger partial charge in [-0.3, -0.25) is 39.1 Å². The van der Waals surface area contributed by atoms with E-state index in [0.717, 1.165) is 69.0 Å². The van der Waals surface area contributed by atoms with Crippen LogP contribution in [0.3, 0.4) is 0 Å². The van der Waals surface area contributed by atoms with Gasteiger partial charge in [0.15, 0.2) is 0 Å². The molecule has 0 bridgehead atoms. The average molecular weight is 838 g/mol. The number of halogens is 2. The second kappa shape index (κ2) is 17.7. The summed E-state index contributed by atoms with van der Waals surface area (Å²) in [6.07, 6.45) is 9.08. The molecule has 15 nitrogen and oxygen atoms in total. The summed E-state index contributed by atoms with van der Waals surface area (Å²) < 4.78 is 19.3. The van der Waals surface area contributed by atoms with Gasteiger partial charge in [0.05, 0.1) is 34.5 Å². The number of methoxy groups -OCH3 is 1. The zero-order chi connectivity index (χ0) is 41.9. The van der Waals surface area contributed by atoms with Crippen molar-refractivity contribution in [3.8, 4) is 5.75 Å². The molecule has 60 heavy (non-hydrogen) atoms. The summed E-state index contributed by atoms with van der Waals surface area (Å²) in [6, 6.07) is 12.3. The summed E-state index contributed by atoms with van der Waals surface area (Å²) in [5, 5.41) is 12.7. The molecule has 3 fully saturated rings. The van der Waals surface area contributed by atoms with Crippen LogP contribution in [0.25, 0.3) is 10.9 Å². The monoisotopic (exact) mass is 837 g/mol. The minimum atomic E-state index is -0.988. The summed E-state index contributed by atoms with van der Waals surface area (Å²) >= 11 is 5.97. The molecule has 2 atom stereocenters. The smallest absolute Gasteiger partial charge is 0.262 e. The molecule has 0 aliphatic carbocycles. The van der Waals surface area contributed by atoms with E-state index in [-0.39, 0.29) is 35.4 Å². The quantitative estimate of drug-likeness (QED) is 0.111. The molecular weight excluding hydrogens is 793 g/mol. The number of amides is 5. The Hall–Kier alpha value is -5.97. The molecule has 0 saturated carbocycles. The van der Waals surface area contributed by atoms with Gasteiger partial charge in [-0.25, -0.2) is 14.4 Å². The predicted molar refractivity (Wildman–Crippen MR) is 224 cm³/mol. The fraction of sp³-hybridized carbons (Fsp3) is 0.372. The highest BCUT2D eigenvalue weighted by molar-refractivity contribution is 6.31. The van der Waals surface area contributed by atoms with Gasteiger partial charge in [-0.1, -0.05) is 17.7 Å². The lowest BCUT2D eigenvalue weighted by Gasteiger charge is -2.37. The maximum absolute atomic E-state index is 13.7. The number of aromatic nitrogens is 2. The van der Waals surface area contributed by atoms with Crippen LogP contribution in [0.1, 0.15) is 59.2 Å². The van der Waals surface area contributed by atoms with E-state index < -0.39 is 35.5 Å². The van der Waals surface area contributed by atoms with Crippen molar-refractivity contribution < 1.29 is 33.1 Å². The Balaban J connectivity index is 0.796. The molecule has 3 saturated heterocycles.